The van der Waals surface area contributed by atoms with Crippen LogP contribution in [0.25, 0.3) is 0 Å². The van der Waals surface area contributed by atoms with Gasteiger partial charge in [0.05, 0.1) is 6.61 Å². The van der Waals surface area contributed by atoms with Crippen LogP contribution >= 0.6 is 0 Å². The number of hydrogen-bond donors (Lipinski definition) is 2. The average Bonchev–Trinajstić information content (AvgIpc) is 2.19. The van der Waals surface area contributed by atoms with Crippen LogP contribution in [0.4, 0.5) is 13.2 Å². The predicted octanol–water partition coefficient (Wildman–Crippen LogP) is 0.287. The number of rotatable bonds is 5. The molecule has 7 heteroatoms. The molecule has 16 heavy (non-hydrogen) atoms. The van der Waals surface area contributed by atoms with E-state index in [1.54, 1.807) is 0 Å². The van der Waals surface area contributed by atoms with Crippen LogP contribution in [0, 0.1) is 5.82 Å². The van der Waals surface area contributed by atoms with Gasteiger partial charge in [-0.05, 0) is 11.5 Å². The number of alkyl halides is 2. The third-order valence-corrected chi connectivity index (χ3v) is 1.88. The Labute approximate surface area is 90.6 Å². The Morgan fingerprint density at radius 1 is 1.31 bits per heavy atom. The fraction of sp³-hybridized carbons (Fsp3) is 0.333. The van der Waals surface area contributed by atoms with Crippen LogP contribution in [-0.2, 0) is 11.3 Å². The average molecular weight is 234 g/mol. The maximum Gasteiger partial charge on any atom is 0.488 e. The lowest BCUT2D eigenvalue weighted by Gasteiger charge is -2.06. The molecule has 1 aromatic rings. The van der Waals surface area contributed by atoms with Crippen molar-refractivity contribution in [2.24, 2.45) is 0 Å². The lowest BCUT2D eigenvalue weighted by molar-refractivity contribution is 0.00902. The molecule has 3 nitrogen and oxygen atoms in total. The summed E-state index contributed by atoms with van der Waals surface area (Å²) < 4.78 is 41.2. The molecule has 88 valence electrons. The highest BCUT2D eigenvalue weighted by atomic mass is 19.3. The second-order valence-electron chi connectivity index (χ2n) is 3.13. The number of benzene rings is 1. The minimum atomic E-state index is -2.60. The normalized spacial score (nSPS) is 10.9. The summed E-state index contributed by atoms with van der Waals surface area (Å²) in [5.41, 5.74) is 0.0835. The summed E-state index contributed by atoms with van der Waals surface area (Å²) >= 11 is 0. The van der Waals surface area contributed by atoms with Crippen molar-refractivity contribution < 1.29 is 28.0 Å². The molecule has 0 bridgehead atoms. The lowest BCUT2D eigenvalue weighted by Crippen LogP contribution is -2.30. The van der Waals surface area contributed by atoms with Gasteiger partial charge in [0.15, 0.2) is 0 Å². The first-order chi connectivity index (χ1) is 7.50. The molecule has 0 aromatic heterocycles. The third kappa shape index (κ3) is 3.84. The van der Waals surface area contributed by atoms with Crippen molar-refractivity contribution in [3.63, 3.8) is 0 Å². The van der Waals surface area contributed by atoms with Gasteiger partial charge in [-0.3, -0.25) is 0 Å². The Bertz CT molecular complexity index is 347. The van der Waals surface area contributed by atoms with Crippen LogP contribution in [0.1, 0.15) is 5.56 Å². The van der Waals surface area contributed by atoms with E-state index in [0.29, 0.717) is 0 Å². The smallest absolute Gasteiger partial charge is 0.423 e. The Balaban J connectivity index is 2.61. The quantitative estimate of drug-likeness (QED) is 0.719. The summed E-state index contributed by atoms with van der Waals surface area (Å²) in [6.07, 6.45) is -2.60. The molecular weight excluding hydrogens is 224 g/mol. The fourth-order valence-corrected chi connectivity index (χ4v) is 1.10. The molecule has 0 atom stereocenters. The maximum atomic E-state index is 13.2. The van der Waals surface area contributed by atoms with E-state index in [2.05, 4.69) is 4.74 Å². The minimum absolute atomic E-state index is 0.00453. The Kier molecular flexibility index (Phi) is 4.79. The zero-order valence-electron chi connectivity index (χ0n) is 8.24. The van der Waals surface area contributed by atoms with Crippen molar-refractivity contribution in [3.05, 3.63) is 29.6 Å². The van der Waals surface area contributed by atoms with Gasteiger partial charge in [-0.1, -0.05) is 12.1 Å². The second-order valence-corrected chi connectivity index (χ2v) is 3.13. The lowest BCUT2D eigenvalue weighted by atomic mass is 9.80. The Hall–Kier alpha value is -1.05. The Morgan fingerprint density at radius 2 is 2.00 bits per heavy atom. The zero-order chi connectivity index (χ0) is 12.1. The fourth-order valence-electron chi connectivity index (χ4n) is 1.10. The van der Waals surface area contributed by atoms with Crippen LogP contribution in [0.3, 0.4) is 0 Å². The van der Waals surface area contributed by atoms with Crippen molar-refractivity contribution >= 4 is 12.6 Å². The van der Waals surface area contributed by atoms with Gasteiger partial charge in [0.2, 0.25) is 0 Å². The summed E-state index contributed by atoms with van der Waals surface area (Å²) in [7, 11) is -1.76. The molecule has 1 rings (SSSR count). The molecule has 0 saturated carbocycles. The summed E-state index contributed by atoms with van der Waals surface area (Å²) in [6, 6.07) is 3.47. The molecule has 0 amide bonds. The molecule has 0 spiro atoms. The van der Waals surface area contributed by atoms with E-state index < -0.39 is 26.0 Å². The standard InChI is InChI=1S/C9H10BF3O3/c11-8-3-7(10(14)15)2-1-6(8)4-16-5-9(12)13/h1-3,9,14-15H,4-5H2. The summed E-state index contributed by atoms with van der Waals surface area (Å²) in [4.78, 5) is 0. The van der Waals surface area contributed by atoms with Crippen molar-refractivity contribution in [3.8, 4) is 0 Å². The first-order valence-electron chi connectivity index (χ1n) is 4.51. The van der Waals surface area contributed by atoms with Crippen molar-refractivity contribution in [1.82, 2.24) is 0 Å². The SMILES string of the molecule is OB(O)c1ccc(COCC(F)F)c(F)c1. The molecule has 0 aliphatic heterocycles. The van der Waals surface area contributed by atoms with Gasteiger partial charge in [-0.2, -0.15) is 0 Å². The molecule has 0 radical (unpaired) electrons. The molecule has 0 aliphatic rings. The van der Waals surface area contributed by atoms with Crippen LogP contribution in [0.5, 0.6) is 0 Å². The van der Waals surface area contributed by atoms with Crippen LogP contribution in [0.2, 0.25) is 0 Å². The molecule has 0 aliphatic carbocycles. The van der Waals surface area contributed by atoms with E-state index in [4.69, 9.17) is 10.0 Å². The monoisotopic (exact) mass is 234 g/mol. The largest absolute Gasteiger partial charge is 0.488 e. The molecule has 0 unspecified atom stereocenters. The summed E-state index contributed by atoms with van der Waals surface area (Å²) in [6.45, 7) is -1.04. The number of hydrogen-bond acceptors (Lipinski definition) is 3. The molecule has 0 fully saturated rings. The minimum Gasteiger partial charge on any atom is -0.423 e. The first kappa shape index (κ1) is 13.0. The maximum absolute atomic E-state index is 13.2. The van der Waals surface area contributed by atoms with Crippen molar-refractivity contribution in [2.75, 3.05) is 6.61 Å². The van der Waals surface area contributed by atoms with Crippen LogP contribution in [0.15, 0.2) is 18.2 Å². The van der Waals surface area contributed by atoms with E-state index in [1.165, 1.54) is 12.1 Å². The zero-order valence-corrected chi connectivity index (χ0v) is 8.24. The van der Waals surface area contributed by atoms with Gasteiger partial charge in [0.1, 0.15) is 12.4 Å². The summed E-state index contributed by atoms with van der Waals surface area (Å²) in [5, 5.41) is 17.5. The van der Waals surface area contributed by atoms with Gasteiger partial charge < -0.3 is 14.8 Å². The number of halogens is 3. The second kappa shape index (κ2) is 5.88. The van der Waals surface area contributed by atoms with E-state index in [-0.39, 0.29) is 17.6 Å². The molecule has 0 heterocycles. The van der Waals surface area contributed by atoms with Gasteiger partial charge in [-0.25, -0.2) is 13.2 Å². The summed E-state index contributed by atoms with van der Waals surface area (Å²) in [5.74, 6) is -0.722. The van der Waals surface area contributed by atoms with E-state index in [0.717, 1.165) is 6.07 Å². The van der Waals surface area contributed by atoms with Gasteiger partial charge in [0, 0.05) is 5.56 Å². The molecule has 1 aromatic carbocycles. The van der Waals surface area contributed by atoms with Crippen LogP contribution < -0.4 is 5.46 Å². The highest BCUT2D eigenvalue weighted by Gasteiger charge is 2.13. The predicted molar refractivity (Wildman–Crippen MR) is 51.9 cm³/mol. The molecular formula is C9H10BF3O3. The topological polar surface area (TPSA) is 49.7 Å². The Morgan fingerprint density at radius 3 is 2.50 bits per heavy atom. The molecule has 2 N–H and O–H groups in total. The third-order valence-electron chi connectivity index (χ3n) is 1.88. The van der Waals surface area contributed by atoms with Crippen LogP contribution in [-0.4, -0.2) is 30.2 Å². The van der Waals surface area contributed by atoms with E-state index >= 15 is 0 Å². The molecule has 0 saturated heterocycles. The van der Waals surface area contributed by atoms with E-state index in [9.17, 15) is 13.2 Å². The van der Waals surface area contributed by atoms with Gasteiger partial charge in [0.25, 0.3) is 6.43 Å². The van der Waals surface area contributed by atoms with Gasteiger partial charge in [-0.15, -0.1) is 0 Å². The highest BCUT2D eigenvalue weighted by Crippen LogP contribution is 2.07. The number of ether oxygens (including phenoxy) is 1. The van der Waals surface area contributed by atoms with Gasteiger partial charge >= 0.3 is 7.12 Å². The van der Waals surface area contributed by atoms with E-state index in [1.807, 2.05) is 0 Å². The first-order valence-corrected chi connectivity index (χ1v) is 4.51. The van der Waals surface area contributed by atoms with Crippen molar-refractivity contribution in [2.45, 2.75) is 13.0 Å². The van der Waals surface area contributed by atoms with Crippen molar-refractivity contribution in [1.29, 1.82) is 0 Å². The highest BCUT2D eigenvalue weighted by molar-refractivity contribution is 6.58.